The van der Waals surface area contributed by atoms with Crippen molar-refractivity contribution < 1.29 is 9.18 Å². The zero-order valence-corrected chi connectivity index (χ0v) is 12.5. The van der Waals surface area contributed by atoms with Crippen molar-refractivity contribution in [2.45, 2.75) is 32.1 Å². The molecular weight excluding hydrogens is 267 g/mol. The Morgan fingerprint density at radius 2 is 2.00 bits per heavy atom. The molecule has 2 aliphatic rings. The topological polar surface area (TPSA) is 41.1 Å². The number of nitrogens with one attached hydrogen (secondary N) is 2. The molecule has 1 heterocycles. The van der Waals surface area contributed by atoms with Crippen LogP contribution >= 0.6 is 0 Å². The van der Waals surface area contributed by atoms with Crippen LogP contribution in [0.3, 0.4) is 0 Å². The van der Waals surface area contributed by atoms with Crippen molar-refractivity contribution in [2.75, 3.05) is 19.6 Å². The summed E-state index contributed by atoms with van der Waals surface area (Å²) >= 11 is 0. The molecule has 21 heavy (non-hydrogen) atoms. The largest absolute Gasteiger partial charge is 0.355 e. The lowest BCUT2D eigenvalue weighted by atomic mass is 9.81. The third kappa shape index (κ3) is 3.43. The molecule has 1 aromatic rings. The highest BCUT2D eigenvalue weighted by Crippen LogP contribution is 2.47. The molecule has 0 aromatic heterocycles. The van der Waals surface area contributed by atoms with Gasteiger partial charge in [0.2, 0.25) is 5.91 Å². The van der Waals surface area contributed by atoms with E-state index in [1.54, 1.807) is 12.1 Å². The van der Waals surface area contributed by atoms with E-state index < -0.39 is 0 Å². The van der Waals surface area contributed by atoms with E-state index in [1.807, 2.05) is 0 Å². The summed E-state index contributed by atoms with van der Waals surface area (Å²) in [7, 11) is 0. The lowest BCUT2D eigenvalue weighted by Crippen LogP contribution is -2.43. The molecule has 2 N–H and O–H groups in total. The van der Waals surface area contributed by atoms with Crippen molar-refractivity contribution in [3.05, 3.63) is 35.6 Å². The molecule has 1 saturated heterocycles. The van der Waals surface area contributed by atoms with E-state index >= 15 is 0 Å². The molecule has 0 radical (unpaired) electrons. The molecular formula is C17H23FN2O. The second-order valence-electron chi connectivity index (χ2n) is 6.78. The van der Waals surface area contributed by atoms with Crippen LogP contribution in [-0.2, 0) is 4.79 Å². The van der Waals surface area contributed by atoms with E-state index in [1.165, 1.54) is 12.1 Å². The van der Waals surface area contributed by atoms with E-state index in [4.69, 9.17) is 0 Å². The van der Waals surface area contributed by atoms with E-state index in [0.29, 0.717) is 0 Å². The van der Waals surface area contributed by atoms with Gasteiger partial charge in [0.15, 0.2) is 0 Å². The second kappa shape index (κ2) is 5.76. The number of amides is 1. The molecule has 114 valence electrons. The minimum absolute atomic E-state index is 0.0702. The van der Waals surface area contributed by atoms with Crippen molar-refractivity contribution in [1.82, 2.24) is 10.6 Å². The third-order valence-electron chi connectivity index (χ3n) is 4.93. The van der Waals surface area contributed by atoms with Crippen molar-refractivity contribution >= 4 is 5.91 Å². The summed E-state index contributed by atoms with van der Waals surface area (Å²) in [4.78, 5) is 12.2. The molecule has 4 heteroatoms. The number of benzene rings is 1. The van der Waals surface area contributed by atoms with Gasteiger partial charge in [0.1, 0.15) is 5.82 Å². The van der Waals surface area contributed by atoms with Crippen molar-refractivity contribution in [1.29, 1.82) is 0 Å². The van der Waals surface area contributed by atoms with Gasteiger partial charge in [-0.2, -0.15) is 0 Å². The Bertz CT molecular complexity index is 508. The molecule has 0 spiro atoms. The maximum Gasteiger partial charge on any atom is 0.223 e. The highest BCUT2D eigenvalue weighted by atomic mass is 19.1. The van der Waals surface area contributed by atoms with Gasteiger partial charge < -0.3 is 10.6 Å². The number of carbonyl (C=O) groups excluding carboxylic acids is 1. The first-order valence-corrected chi connectivity index (χ1v) is 7.81. The van der Waals surface area contributed by atoms with Crippen LogP contribution in [0.25, 0.3) is 0 Å². The van der Waals surface area contributed by atoms with Gasteiger partial charge in [-0.25, -0.2) is 4.39 Å². The van der Waals surface area contributed by atoms with Gasteiger partial charge in [0.05, 0.1) is 0 Å². The standard InChI is InChI=1S/C17H23FN2O/c1-17(6-8-19-9-7-17)11-20-16(21)15-10-14(15)12-2-4-13(18)5-3-12/h2-5,14-15,19H,6-11H2,1H3,(H,20,21). The van der Waals surface area contributed by atoms with Crippen LogP contribution in [0, 0.1) is 17.2 Å². The molecule has 1 aromatic carbocycles. The highest BCUT2D eigenvalue weighted by Gasteiger charge is 2.44. The second-order valence-corrected chi connectivity index (χ2v) is 6.78. The van der Waals surface area contributed by atoms with Gasteiger partial charge in [-0.3, -0.25) is 4.79 Å². The smallest absolute Gasteiger partial charge is 0.223 e. The number of hydrogen-bond donors (Lipinski definition) is 2. The maximum atomic E-state index is 12.9. The van der Waals surface area contributed by atoms with Crippen molar-refractivity contribution in [2.24, 2.45) is 11.3 Å². The van der Waals surface area contributed by atoms with Crippen LogP contribution in [0.5, 0.6) is 0 Å². The summed E-state index contributed by atoms with van der Waals surface area (Å²) in [5.74, 6) is 0.274. The van der Waals surface area contributed by atoms with Crippen LogP contribution in [0.1, 0.15) is 37.7 Å². The summed E-state index contributed by atoms with van der Waals surface area (Å²) in [5, 5.41) is 6.48. The highest BCUT2D eigenvalue weighted by molar-refractivity contribution is 5.82. The Hall–Kier alpha value is -1.42. The predicted molar refractivity (Wildman–Crippen MR) is 80.5 cm³/mol. The molecule has 3 nitrogen and oxygen atoms in total. The van der Waals surface area contributed by atoms with E-state index in [9.17, 15) is 9.18 Å². The van der Waals surface area contributed by atoms with E-state index in [0.717, 1.165) is 44.5 Å². The Kier molecular flexibility index (Phi) is 3.98. The molecule has 1 aliphatic carbocycles. The number of halogens is 1. The average molecular weight is 290 g/mol. The van der Waals surface area contributed by atoms with Crippen LogP contribution in [0.15, 0.2) is 24.3 Å². The van der Waals surface area contributed by atoms with Gasteiger partial charge >= 0.3 is 0 Å². The van der Waals surface area contributed by atoms with Crippen LogP contribution < -0.4 is 10.6 Å². The monoisotopic (exact) mass is 290 g/mol. The van der Waals surface area contributed by atoms with E-state index in [-0.39, 0.29) is 29.0 Å². The number of piperidine rings is 1. The fourth-order valence-corrected chi connectivity index (χ4v) is 3.20. The molecule has 1 amide bonds. The summed E-state index contributed by atoms with van der Waals surface area (Å²) in [6.07, 6.45) is 3.11. The molecule has 2 unspecified atom stereocenters. The first-order chi connectivity index (χ1) is 10.1. The molecule has 2 fully saturated rings. The Balaban J connectivity index is 1.50. The zero-order chi connectivity index (χ0) is 14.9. The van der Waals surface area contributed by atoms with Gasteiger partial charge in [-0.1, -0.05) is 19.1 Å². The lowest BCUT2D eigenvalue weighted by molar-refractivity contribution is -0.123. The summed E-state index contributed by atoms with van der Waals surface area (Å²) < 4.78 is 12.9. The molecule has 3 rings (SSSR count). The molecule has 1 saturated carbocycles. The zero-order valence-electron chi connectivity index (χ0n) is 12.5. The normalized spacial score (nSPS) is 27.1. The predicted octanol–water partition coefficient (Wildman–Crippen LogP) is 2.44. The van der Waals surface area contributed by atoms with Crippen molar-refractivity contribution in [3.8, 4) is 0 Å². The third-order valence-corrected chi connectivity index (χ3v) is 4.93. The minimum Gasteiger partial charge on any atom is -0.355 e. The number of carbonyl (C=O) groups is 1. The first kappa shape index (κ1) is 14.5. The Labute approximate surface area is 125 Å². The molecule has 2 atom stereocenters. The summed E-state index contributed by atoms with van der Waals surface area (Å²) in [6.45, 7) is 5.08. The van der Waals surface area contributed by atoms with Gasteiger partial charge in [0.25, 0.3) is 0 Å². The fraction of sp³-hybridized carbons (Fsp3) is 0.588. The Morgan fingerprint density at radius 3 is 2.67 bits per heavy atom. The van der Waals surface area contributed by atoms with Gasteiger partial charge in [-0.15, -0.1) is 0 Å². The fourth-order valence-electron chi connectivity index (χ4n) is 3.20. The van der Waals surface area contributed by atoms with Crippen LogP contribution in [-0.4, -0.2) is 25.5 Å². The molecule has 1 aliphatic heterocycles. The summed E-state index contributed by atoms with van der Waals surface area (Å²) in [6, 6.07) is 6.53. The molecule has 0 bridgehead atoms. The SMILES string of the molecule is CC1(CNC(=O)C2CC2c2ccc(F)cc2)CCNCC1. The number of hydrogen-bond acceptors (Lipinski definition) is 2. The quantitative estimate of drug-likeness (QED) is 0.894. The lowest BCUT2D eigenvalue weighted by Gasteiger charge is -2.34. The van der Waals surface area contributed by atoms with Crippen LogP contribution in [0.2, 0.25) is 0 Å². The minimum atomic E-state index is -0.223. The number of rotatable bonds is 4. The van der Waals surface area contributed by atoms with Crippen molar-refractivity contribution in [3.63, 3.8) is 0 Å². The van der Waals surface area contributed by atoms with Gasteiger partial charge in [-0.05, 0) is 61.4 Å². The summed E-state index contributed by atoms with van der Waals surface area (Å²) in [5.41, 5.74) is 1.30. The Morgan fingerprint density at radius 1 is 1.33 bits per heavy atom. The average Bonchev–Trinajstić information content (AvgIpc) is 3.27. The first-order valence-electron chi connectivity index (χ1n) is 7.81. The van der Waals surface area contributed by atoms with Crippen LogP contribution in [0.4, 0.5) is 4.39 Å². The maximum absolute atomic E-state index is 12.9. The van der Waals surface area contributed by atoms with E-state index in [2.05, 4.69) is 17.6 Å². The van der Waals surface area contributed by atoms with Gasteiger partial charge in [0, 0.05) is 12.5 Å².